The molecule has 0 saturated heterocycles. The summed E-state index contributed by atoms with van der Waals surface area (Å²) >= 11 is 0. The summed E-state index contributed by atoms with van der Waals surface area (Å²) in [6, 6.07) is 2.78. The van der Waals surface area contributed by atoms with E-state index in [1.807, 2.05) is 27.7 Å². The summed E-state index contributed by atoms with van der Waals surface area (Å²) in [6.07, 6.45) is 2.89. The van der Waals surface area contributed by atoms with Gasteiger partial charge in [0.15, 0.2) is 11.5 Å². The van der Waals surface area contributed by atoms with Crippen LogP contribution >= 0.6 is 0 Å². The monoisotopic (exact) mass is 456 g/mol. The standard InChI is InChI=1S/C23H34F2N2O5/c1-14(2)7-9-26-21(28)17(22(29)27-10-8-15(3)4)11-16-12-18(30-5)20(32-23(24)25)19(13-16)31-6/h11-15,23H,7-10H2,1-6H3,(H,26,28)(H,27,29). The smallest absolute Gasteiger partial charge is 0.387 e. The number of rotatable bonds is 13. The van der Waals surface area contributed by atoms with Crippen LogP contribution in [0.1, 0.15) is 46.1 Å². The first-order valence-corrected chi connectivity index (χ1v) is 10.6. The highest BCUT2D eigenvalue weighted by molar-refractivity contribution is 6.21. The molecule has 0 bridgehead atoms. The molecule has 0 aromatic heterocycles. The predicted octanol–water partition coefficient (Wildman–Crippen LogP) is 4.01. The molecule has 0 saturated carbocycles. The summed E-state index contributed by atoms with van der Waals surface area (Å²) in [6.45, 7) is 5.88. The molecule has 7 nitrogen and oxygen atoms in total. The van der Waals surface area contributed by atoms with Gasteiger partial charge in [0.25, 0.3) is 11.8 Å². The van der Waals surface area contributed by atoms with E-state index in [0.29, 0.717) is 30.5 Å². The molecule has 9 heteroatoms. The number of alkyl halides is 2. The second-order valence-corrected chi connectivity index (χ2v) is 8.07. The quantitative estimate of drug-likeness (QED) is 0.266. The van der Waals surface area contributed by atoms with Crippen LogP contribution in [0, 0.1) is 11.8 Å². The maximum absolute atomic E-state index is 12.8. The van der Waals surface area contributed by atoms with Gasteiger partial charge in [-0.25, -0.2) is 0 Å². The molecule has 0 spiro atoms. The van der Waals surface area contributed by atoms with Crippen LogP contribution in [0.25, 0.3) is 6.08 Å². The number of nitrogens with one attached hydrogen (secondary N) is 2. The number of methoxy groups -OCH3 is 2. The number of carbonyl (C=O) groups excluding carboxylic acids is 2. The van der Waals surface area contributed by atoms with E-state index < -0.39 is 18.4 Å². The third-order valence-corrected chi connectivity index (χ3v) is 4.50. The number of hydrogen-bond donors (Lipinski definition) is 2. The Kier molecular flexibility index (Phi) is 11.5. The van der Waals surface area contributed by atoms with E-state index in [1.54, 1.807) is 0 Å². The molecule has 0 heterocycles. The van der Waals surface area contributed by atoms with Gasteiger partial charge in [-0.3, -0.25) is 9.59 Å². The normalized spacial score (nSPS) is 10.8. The van der Waals surface area contributed by atoms with Crippen LogP contribution in [0.3, 0.4) is 0 Å². The Labute approximate surface area is 188 Å². The largest absolute Gasteiger partial charge is 0.493 e. The van der Waals surface area contributed by atoms with E-state index in [2.05, 4.69) is 15.4 Å². The number of carbonyl (C=O) groups is 2. The number of ether oxygens (including phenoxy) is 3. The SMILES string of the molecule is COc1cc(C=C(C(=O)NCCC(C)C)C(=O)NCCC(C)C)cc(OC)c1OC(F)F. The van der Waals surface area contributed by atoms with Crippen LogP contribution in [0.2, 0.25) is 0 Å². The summed E-state index contributed by atoms with van der Waals surface area (Å²) in [5.41, 5.74) is 0.248. The Morgan fingerprint density at radius 2 is 1.34 bits per heavy atom. The van der Waals surface area contributed by atoms with Crippen LogP contribution in [0.4, 0.5) is 8.78 Å². The summed E-state index contributed by atoms with van der Waals surface area (Å²) in [4.78, 5) is 25.5. The van der Waals surface area contributed by atoms with Crippen LogP contribution in [-0.2, 0) is 9.59 Å². The maximum Gasteiger partial charge on any atom is 0.387 e. The highest BCUT2D eigenvalue weighted by Gasteiger charge is 2.21. The fourth-order valence-electron chi connectivity index (χ4n) is 2.73. The molecule has 2 amide bonds. The average Bonchev–Trinajstić information content (AvgIpc) is 2.71. The molecular weight excluding hydrogens is 422 g/mol. The molecule has 0 aliphatic heterocycles. The molecule has 0 aliphatic rings. The third-order valence-electron chi connectivity index (χ3n) is 4.50. The van der Waals surface area contributed by atoms with Crippen LogP contribution in [-0.4, -0.2) is 45.7 Å². The van der Waals surface area contributed by atoms with Gasteiger partial charge in [0.1, 0.15) is 5.57 Å². The molecule has 2 N–H and O–H groups in total. The van der Waals surface area contributed by atoms with Gasteiger partial charge >= 0.3 is 6.61 Å². The summed E-state index contributed by atoms with van der Waals surface area (Å²) in [5.74, 6) is -0.591. The van der Waals surface area contributed by atoms with E-state index in [0.717, 1.165) is 12.8 Å². The van der Waals surface area contributed by atoms with E-state index in [1.165, 1.54) is 32.4 Å². The van der Waals surface area contributed by atoms with Gasteiger partial charge in [0.2, 0.25) is 5.75 Å². The molecular formula is C23H34F2N2O5. The first-order chi connectivity index (χ1) is 15.1. The topological polar surface area (TPSA) is 85.9 Å². The average molecular weight is 457 g/mol. The molecule has 1 aromatic rings. The zero-order valence-corrected chi connectivity index (χ0v) is 19.6. The minimum absolute atomic E-state index is 0.0179. The highest BCUT2D eigenvalue weighted by atomic mass is 19.3. The van der Waals surface area contributed by atoms with Crippen molar-refractivity contribution in [2.75, 3.05) is 27.3 Å². The number of halogens is 2. The van der Waals surface area contributed by atoms with Crippen LogP contribution < -0.4 is 24.8 Å². The van der Waals surface area contributed by atoms with Crippen molar-refractivity contribution < 1.29 is 32.6 Å². The summed E-state index contributed by atoms with van der Waals surface area (Å²) in [5, 5.41) is 5.51. The van der Waals surface area contributed by atoms with Gasteiger partial charge in [-0.05, 0) is 48.4 Å². The molecule has 1 rings (SSSR count). The fourth-order valence-corrected chi connectivity index (χ4v) is 2.73. The molecule has 180 valence electrons. The summed E-state index contributed by atoms with van der Waals surface area (Å²) in [7, 11) is 2.58. The van der Waals surface area contributed by atoms with Gasteiger partial charge in [-0.15, -0.1) is 0 Å². The lowest BCUT2D eigenvalue weighted by Crippen LogP contribution is -2.36. The molecule has 0 atom stereocenters. The van der Waals surface area contributed by atoms with Crippen molar-refractivity contribution >= 4 is 17.9 Å². The van der Waals surface area contributed by atoms with Gasteiger partial charge in [-0.2, -0.15) is 8.78 Å². The van der Waals surface area contributed by atoms with Crippen molar-refractivity contribution in [3.8, 4) is 17.2 Å². The highest BCUT2D eigenvalue weighted by Crippen LogP contribution is 2.40. The molecule has 0 aliphatic carbocycles. The number of benzene rings is 1. The Morgan fingerprint density at radius 1 is 0.906 bits per heavy atom. The van der Waals surface area contributed by atoms with Crippen LogP contribution in [0.5, 0.6) is 17.2 Å². The van der Waals surface area contributed by atoms with Crippen molar-refractivity contribution in [2.45, 2.75) is 47.1 Å². The Morgan fingerprint density at radius 3 is 1.69 bits per heavy atom. The second-order valence-electron chi connectivity index (χ2n) is 8.07. The summed E-state index contributed by atoms with van der Waals surface area (Å²) < 4.78 is 40.3. The number of amides is 2. The Bertz CT molecular complexity index is 742. The minimum atomic E-state index is -3.08. The van der Waals surface area contributed by atoms with Crippen molar-refractivity contribution in [3.63, 3.8) is 0 Å². The molecule has 32 heavy (non-hydrogen) atoms. The predicted molar refractivity (Wildman–Crippen MR) is 119 cm³/mol. The lowest BCUT2D eigenvalue weighted by atomic mass is 10.1. The van der Waals surface area contributed by atoms with E-state index in [-0.39, 0.29) is 22.8 Å². The minimum Gasteiger partial charge on any atom is -0.493 e. The van der Waals surface area contributed by atoms with Crippen molar-refractivity contribution in [1.29, 1.82) is 0 Å². The zero-order chi connectivity index (χ0) is 24.3. The lowest BCUT2D eigenvalue weighted by Gasteiger charge is -2.15. The number of hydrogen-bond acceptors (Lipinski definition) is 5. The van der Waals surface area contributed by atoms with Gasteiger partial charge < -0.3 is 24.8 Å². The van der Waals surface area contributed by atoms with Gasteiger partial charge in [0.05, 0.1) is 14.2 Å². The first-order valence-electron chi connectivity index (χ1n) is 10.6. The van der Waals surface area contributed by atoms with Crippen molar-refractivity contribution in [1.82, 2.24) is 10.6 Å². The van der Waals surface area contributed by atoms with E-state index in [4.69, 9.17) is 9.47 Å². The van der Waals surface area contributed by atoms with Crippen molar-refractivity contribution in [3.05, 3.63) is 23.3 Å². The molecule has 0 fully saturated rings. The fraction of sp³-hybridized carbons (Fsp3) is 0.565. The van der Waals surface area contributed by atoms with Crippen molar-refractivity contribution in [2.24, 2.45) is 11.8 Å². The van der Waals surface area contributed by atoms with Crippen LogP contribution in [0.15, 0.2) is 17.7 Å². The Balaban J connectivity index is 3.30. The first kappa shape index (κ1) is 27.2. The zero-order valence-electron chi connectivity index (χ0n) is 19.6. The third kappa shape index (κ3) is 9.11. The maximum atomic E-state index is 12.8. The molecule has 0 radical (unpaired) electrons. The Hall–Kier alpha value is -2.84. The van der Waals surface area contributed by atoms with Gasteiger partial charge in [-0.1, -0.05) is 27.7 Å². The van der Waals surface area contributed by atoms with Gasteiger partial charge in [0, 0.05) is 13.1 Å². The van der Waals surface area contributed by atoms with E-state index in [9.17, 15) is 18.4 Å². The molecule has 0 unspecified atom stereocenters. The lowest BCUT2D eigenvalue weighted by molar-refractivity contribution is -0.123. The second kappa shape index (κ2) is 13.5. The molecule has 1 aromatic carbocycles. The van der Waals surface area contributed by atoms with E-state index >= 15 is 0 Å².